The normalized spacial score (nSPS) is 11.6. The molecule has 7 heteroatoms. The largest absolute Gasteiger partial charge is 0.309 e. The molecule has 0 aliphatic heterocycles. The van der Waals surface area contributed by atoms with Gasteiger partial charge in [0.1, 0.15) is 5.82 Å². The van der Waals surface area contributed by atoms with E-state index in [1.165, 1.54) is 21.8 Å². The average molecular weight is 718 g/mol. The third kappa shape index (κ3) is 5.25. The van der Waals surface area contributed by atoms with E-state index in [2.05, 4.69) is 124 Å². The molecule has 4 aromatic heterocycles. The molecular formula is C49H31N7. The predicted molar refractivity (Wildman–Crippen MR) is 226 cm³/mol. The molecule has 0 radical (unpaired) electrons. The maximum Gasteiger partial charge on any atom is 0.201 e. The van der Waals surface area contributed by atoms with Crippen LogP contribution in [0.3, 0.4) is 0 Å². The molecule has 7 nitrogen and oxygen atoms in total. The van der Waals surface area contributed by atoms with Gasteiger partial charge in [-0.05, 0) is 65.7 Å². The lowest BCUT2D eigenvalue weighted by atomic mass is 10.0. The van der Waals surface area contributed by atoms with E-state index in [4.69, 9.17) is 24.9 Å². The van der Waals surface area contributed by atoms with Crippen LogP contribution >= 0.6 is 0 Å². The SMILES string of the molecule is c1ccc(-c2nc(-c3ccccc3)nc(-c3nccc(-n4c5ccccc5c5cc(-c6ccc7c(c6)c6ccccc6n7-c6ccccc6)ccc54)n3)n2)cc1. The number of nitrogens with zero attached hydrogens (tertiary/aromatic N) is 7. The molecule has 0 fully saturated rings. The number of fused-ring (bicyclic) bond motifs is 6. The van der Waals surface area contributed by atoms with Crippen molar-refractivity contribution in [2.75, 3.05) is 0 Å². The summed E-state index contributed by atoms with van der Waals surface area (Å²) in [6, 6.07) is 63.1. The highest BCUT2D eigenvalue weighted by atomic mass is 15.1. The van der Waals surface area contributed by atoms with Gasteiger partial charge in [-0.2, -0.15) is 0 Å². The highest BCUT2D eigenvalue weighted by Crippen LogP contribution is 2.38. The summed E-state index contributed by atoms with van der Waals surface area (Å²) < 4.78 is 4.55. The molecule has 0 saturated carbocycles. The number of hydrogen-bond donors (Lipinski definition) is 0. The molecule has 11 rings (SSSR count). The van der Waals surface area contributed by atoms with Gasteiger partial charge in [0, 0.05) is 44.6 Å². The minimum absolute atomic E-state index is 0.409. The number of aromatic nitrogens is 7. The van der Waals surface area contributed by atoms with Crippen LogP contribution in [0.25, 0.3) is 101 Å². The zero-order valence-corrected chi connectivity index (χ0v) is 30.0. The summed E-state index contributed by atoms with van der Waals surface area (Å²) in [6.45, 7) is 0. The van der Waals surface area contributed by atoms with E-state index in [1.54, 1.807) is 6.20 Å². The predicted octanol–water partition coefficient (Wildman–Crippen LogP) is 11.5. The van der Waals surface area contributed by atoms with Crippen molar-refractivity contribution in [1.82, 2.24) is 34.1 Å². The lowest BCUT2D eigenvalue weighted by Gasteiger charge is -2.10. The van der Waals surface area contributed by atoms with Crippen LogP contribution in [0.15, 0.2) is 188 Å². The van der Waals surface area contributed by atoms with Gasteiger partial charge < -0.3 is 4.57 Å². The monoisotopic (exact) mass is 717 g/mol. The fraction of sp³-hybridized carbons (Fsp3) is 0. The van der Waals surface area contributed by atoms with Crippen molar-refractivity contribution in [2.45, 2.75) is 0 Å². The first kappa shape index (κ1) is 31.7. The van der Waals surface area contributed by atoms with Gasteiger partial charge in [-0.15, -0.1) is 0 Å². The molecule has 0 amide bonds. The standard InChI is InChI=1S/C49H31N7/c1-4-14-32(15-5-1)46-52-47(33-16-6-2-7-17-33)54-49(53-46)48-50-29-28-45(51-48)56-42-23-13-11-21-38(42)40-31-35(25-27-44(40)56)34-24-26-43-39(30-34)37-20-10-12-22-41(37)55(43)36-18-8-3-9-19-36/h1-31H. The van der Waals surface area contributed by atoms with Crippen LogP contribution in [-0.4, -0.2) is 34.1 Å². The number of benzene rings is 7. The Morgan fingerprint density at radius 3 is 1.36 bits per heavy atom. The van der Waals surface area contributed by atoms with Gasteiger partial charge in [-0.3, -0.25) is 4.57 Å². The molecule has 0 saturated heterocycles. The van der Waals surface area contributed by atoms with Gasteiger partial charge in [0.25, 0.3) is 0 Å². The fourth-order valence-electron chi connectivity index (χ4n) is 7.90. The first-order valence-corrected chi connectivity index (χ1v) is 18.6. The van der Waals surface area contributed by atoms with Crippen LogP contribution in [0.2, 0.25) is 0 Å². The Balaban J connectivity index is 1.05. The second kappa shape index (κ2) is 13.0. The van der Waals surface area contributed by atoms with Crippen LogP contribution in [0, 0.1) is 0 Å². The van der Waals surface area contributed by atoms with E-state index in [0.29, 0.717) is 23.3 Å². The zero-order chi connectivity index (χ0) is 37.0. The minimum atomic E-state index is 0.409. The molecule has 0 unspecified atom stereocenters. The molecule has 262 valence electrons. The number of para-hydroxylation sites is 3. The van der Waals surface area contributed by atoms with Crippen molar-refractivity contribution in [3.63, 3.8) is 0 Å². The fourth-order valence-corrected chi connectivity index (χ4v) is 7.90. The third-order valence-electron chi connectivity index (χ3n) is 10.5. The highest BCUT2D eigenvalue weighted by molar-refractivity contribution is 6.12. The highest BCUT2D eigenvalue weighted by Gasteiger charge is 2.19. The summed E-state index contributed by atoms with van der Waals surface area (Å²) in [7, 11) is 0. The summed E-state index contributed by atoms with van der Waals surface area (Å²) in [5.74, 6) is 2.69. The average Bonchev–Trinajstić information content (AvgIpc) is 3.79. The summed E-state index contributed by atoms with van der Waals surface area (Å²) in [5.41, 5.74) is 9.72. The van der Waals surface area contributed by atoms with Crippen molar-refractivity contribution >= 4 is 43.6 Å². The summed E-state index contributed by atoms with van der Waals surface area (Å²) in [5, 5.41) is 4.74. The lowest BCUT2D eigenvalue weighted by Crippen LogP contribution is -2.05. The van der Waals surface area contributed by atoms with Crippen molar-refractivity contribution in [3.05, 3.63) is 188 Å². The molecule has 0 atom stereocenters. The zero-order valence-electron chi connectivity index (χ0n) is 30.0. The Morgan fingerprint density at radius 2 is 0.768 bits per heavy atom. The van der Waals surface area contributed by atoms with Crippen LogP contribution in [0.1, 0.15) is 0 Å². The smallest absolute Gasteiger partial charge is 0.201 e. The first-order chi connectivity index (χ1) is 27.8. The van der Waals surface area contributed by atoms with Crippen LogP contribution < -0.4 is 0 Å². The summed E-state index contributed by atoms with van der Waals surface area (Å²) >= 11 is 0. The number of hydrogen-bond acceptors (Lipinski definition) is 5. The van der Waals surface area contributed by atoms with Gasteiger partial charge in [-0.1, -0.05) is 127 Å². The van der Waals surface area contributed by atoms with Gasteiger partial charge in [0.15, 0.2) is 17.5 Å². The molecule has 4 heterocycles. The molecule has 0 aliphatic rings. The van der Waals surface area contributed by atoms with E-state index in [9.17, 15) is 0 Å². The molecule has 0 aliphatic carbocycles. The second-order valence-electron chi connectivity index (χ2n) is 13.8. The van der Waals surface area contributed by atoms with E-state index < -0.39 is 0 Å². The van der Waals surface area contributed by atoms with Gasteiger partial charge in [0.2, 0.25) is 5.82 Å². The molecule has 0 bridgehead atoms. The van der Waals surface area contributed by atoms with Crippen molar-refractivity contribution in [1.29, 1.82) is 0 Å². The molecule has 7 aromatic carbocycles. The van der Waals surface area contributed by atoms with E-state index >= 15 is 0 Å². The topological polar surface area (TPSA) is 74.3 Å². The van der Waals surface area contributed by atoms with Crippen molar-refractivity contribution < 1.29 is 0 Å². The Hall–Kier alpha value is -7.77. The molecule has 56 heavy (non-hydrogen) atoms. The Labute approximate surface area is 321 Å². The molecular weight excluding hydrogens is 687 g/mol. The van der Waals surface area contributed by atoms with E-state index in [-0.39, 0.29) is 0 Å². The number of rotatable bonds is 6. The van der Waals surface area contributed by atoms with Gasteiger partial charge in [-0.25, -0.2) is 24.9 Å². The lowest BCUT2D eigenvalue weighted by molar-refractivity contribution is 0.996. The Morgan fingerprint density at radius 1 is 0.304 bits per heavy atom. The van der Waals surface area contributed by atoms with Crippen LogP contribution in [0.4, 0.5) is 0 Å². The van der Waals surface area contributed by atoms with Crippen molar-refractivity contribution in [2.24, 2.45) is 0 Å². The Bertz CT molecular complexity index is 3180. The molecule has 0 spiro atoms. The quantitative estimate of drug-likeness (QED) is 0.171. The maximum atomic E-state index is 5.12. The molecule has 11 aromatic rings. The summed E-state index contributed by atoms with van der Waals surface area (Å²) in [4.78, 5) is 24.4. The molecule has 0 N–H and O–H groups in total. The first-order valence-electron chi connectivity index (χ1n) is 18.6. The summed E-state index contributed by atoms with van der Waals surface area (Å²) in [6.07, 6.45) is 1.78. The Kier molecular flexibility index (Phi) is 7.35. The van der Waals surface area contributed by atoms with Crippen molar-refractivity contribution in [3.8, 4) is 57.1 Å². The maximum absolute atomic E-state index is 5.12. The van der Waals surface area contributed by atoms with Crippen LogP contribution in [0.5, 0.6) is 0 Å². The van der Waals surface area contributed by atoms with E-state index in [0.717, 1.165) is 55.6 Å². The van der Waals surface area contributed by atoms with Gasteiger partial charge >= 0.3 is 0 Å². The second-order valence-corrected chi connectivity index (χ2v) is 13.8. The van der Waals surface area contributed by atoms with E-state index in [1.807, 2.05) is 66.7 Å². The van der Waals surface area contributed by atoms with Crippen LogP contribution in [-0.2, 0) is 0 Å². The third-order valence-corrected chi connectivity index (χ3v) is 10.5. The van der Waals surface area contributed by atoms with Gasteiger partial charge in [0.05, 0.1) is 22.1 Å². The minimum Gasteiger partial charge on any atom is -0.309 e.